The van der Waals surface area contributed by atoms with Crippen LogP contribution in [0, 0.1) is 0 Å². The molecule has 26 heavy (non-hydrogen) atoms. The number of allylic oxidation sites excluding steroid dienone is 1. The minimum atomic E-state index is 1.05. The van der Waals surface area contributed by atoms with Crippen LogP contribution >= 0.6 is 0 Å². The highest BCUT2D eigenvalue weighted by Crippen LogP contribution is 2.46. The number of aryl methyl sites for hydroxylation is 1. The fraction of sp³-hybridized carbons (Fsp3) is 0.0800. The summed E-state index contributed by atoms with van der Waals surface area (Å²) in [6.07, 6.45) is 6.79. The lowest BCUT2D eigenvalue weighted by atomic mass is 9.94. The number of fused-ring (bicyclic) bond motifs is 4. The van der Waals surface area contributed by atoms with Crippen LogP contribution < -0.4 is 0 Å². The van der Waals surface area contributed by atoms with E-state index in [0.29, 0.717) is 0 Å². The second-order valence-electron chi connectivity index (χ2n) is 7.16. The highest BCUT2D eigenvalue weighted by molar-refractivity contribution is 6.14. The SMILES string of the molecule is C1=Cc2cc(-c3ccc4c(n3)-c3cccc5cccc-4c35)ccc2CC1. The van der Waals surface area contributed by atoms with E-state index in [0.717, 1.165) is 24.2 Å². The third-order valence-electron chi connectivity index (χ3n) is 5.66. The van der Waals surface area contributed by atoms with Crippen LogP contribution in [-0.4, -0.2) is 4.98 Å². The third kappa shape index (κ3) is 1.89. The summed E-state index contributed by atoms with van der Waals surface area (Å²) in [5.41, 5.74) is 9.95. The van der Waals surface area contributed by atoms with Crippen molar-refractivity contribution in [1.82, 2.24) is 4.98 Å². The highest BCUT2D eigenvalue weighted by Gasteiger charge is 2.22. The number of pyridine rings is 1. The van der Waals surface area contributed by atoms with Gasteiger partial charge in [-0.05, 0) is 58.5 Å². The monoisotopic (exact) mass is 331 g/mol. The van der Waals surface area contributed by atoms with Gasteiger partial charge in [0.25, 0.3) is 0 Å². The van der Waals surface area contributed by atoms with Crippen molar-refractivity contribution in [2.75, 3.05) is 0 Å². The zero-order valence-electron chi connectivity index (χ0n) is 14.4. The molecule has 6 rings (SSSR count). The normalized spacial score (nSPS) is 13.7. The van der Waals surface area contributed by atoms with E-state index >= 15 is 0 Å². The van der Waals surface area contributed by atoms with Crippen LogP contribution in [0.4, 0.5) is 0 Å². The van der Waals surface area contributed by atoms with Crippen molar-refractivity contribution in [3.8, 4) is 33.6 Å². The molecule has 0 saturated heterocycles. The van der Waals surface area contributed by atoms with E-state index in [1.54, 1.807) is 0 Å². The van der Waals surface area contributed by atoms with Crippen molar-refractivity contribution >= 4 is 16.8 Å². The lowest BCUT2D eigenvalue weighted by molar-refractivity contribution is 0.986. The van der Waals surface area contributed by atoms with Crippen molar-refractivity contribution in [1.29, 1.82) is 0 Å². The summed E-state index contributed by atoms with van der Waals surface area (Å²) in [4.78, 5) is 5.09. The molecule has 1 nitrogen and oxygen atoms in total. The molecule has 3 aromatic carbocycles. The quantitative estimate of drug-likeness (QED) is 0.341. The lowest BCUT2D eigenvalue weighted by Crippen LogP contribution is -1.95. The van der Waals surface area contributed by atoms with Gasteiger partial charge in [-0.3, -0.25) is 0 Å². The molecule has 0 amide bonds. The Morgan fingerprint density at radius 2 is 1.65 bits per heavy atom. The molecule has 0 fully saturated rings. The Morgan fingerprint density at radius 3 is 2.58 bits per heavy atom. The molecule has 0 unspecified atom stereocenters. The van der Waals surface area contributed by atoms with Gasteiger partial charge in [0.2, 0.25) is 0 Å². The van der Waals surface area contributed by atoms with E-state index in [1.165, 1.54) is 44.2 Å². The van der Waals surface area contributed by atoms with Crippen LogP contribution in [0.3, 0.4) is 0 Å². The minimum Gasteiger partial charge on any atom is -0.247 e. The van der Waals surface area contributed by atoms with Gasteiger partial charge < -0.3 is 0 Å². The molecule has 1 aromatic heterocycles. The molecule has 122 valence electrons. The summed E-state index contributed by atoms with van der Waals surface area (Å²) in [6, 6.07) is 24.2. The van der Waals surface area contributed by atoms with Crippen molar-refractivity contribution in [2.24, 2.45) is 0 Å². The lowest BCUT2D eigenvalue weighted by Gasteiger charge is -2.12. The molecule has 2 aliphatic carbocycles. The van der Waals surface area contributed by atoms with E-state index in [1.807, 2.05) is 0 Å². The zero-order chi connectivity index (χ0) is 17.1. The molecule has 0 radical (unpaired) electrons. The Bertz CT molecular complexity index is 1230. The summed E-state index contributed by atoms with van der Waals surface area (Å²) < 4.78 is 0. The summed E-state index contributed by atoms with van der Waals surface area (Å²) in [5.74, 6) is 0. The maximum absolute atomic E-state index is 5.09. The van der Waals surface area contributed by atoms with Crippen LogP contribution in [0.5, 0.6) is 0 Å². The highest BCUT2D eigenvalue weighted by atomic mass is 14.7. The van der Waals surface area contributed by atoms with Gasteiger partial charge in [0.1, 0.15) is 0 Å². The Kier molecular flexibility index (Phi) is 2.78. The first kappa shape index (κ1) is 14.0. The van der Waals surface area contributed by atoms with Gasteiger partial charge in [0.15, 0.2) is 0 Å². The fourth-order valence-electron chi connectivity index (χ4n) is 4.39. The van der Waals surface area contributed by atoms with Crippen LogP contribution in [0.25, 0.3) is 50.5 Å². The molecular weight excluding hydrogens is 314 g/mol. The number of hydrogen-bond acceptors (Lipinski definition) is 1. The van der Waals surface area contributed by atoms with Gasteiger partial charge in [0, 0.05) is 16.7 Å². The summed E-state index contributed by atoms with van der Waals surface area (Å²) >= 11 is 0. The number of rotatable bonds is 1. The second kappa shape index (κ2) is 5.15. The summed E-state index contributed by atoms with van der Waals surface area (Å²) in [7, 11) is 0. The molecule has 4 aromatic rings. The van der Waals surface area contributed by atoms with Crippen LogP contribution in [-0.2, 0) is 6.42 Å². The van der Waals surface area contributed by atoms with Crippen molar-refractivity contribution < 1.29 is 0 Å². The largest absolute Gasteiger partial charge is 0.247 e. The molecular formula is C25H17N. The van der Waals surface area contributed by atoms with Crippen molar-refractivity contribution in [2.45, 2.75) is 12.8 Å². The Morgan fingerprint density at radius 1 is 0.769 bits per heavy atom. The molecule has 0 atom stereocenters. The first-order valence-electron chi connectivity index (χ1n) is 9.22. The predicted molar refractivity (Wildman–Crippen MR) is 109 cm³/mol. The number of aromatic nitrogens is 1. The van der Waals surface area contributed by atoms with E-state index in [9.17, 15) is 0 Å². The van der Waals surface area contributed by atoms with Crippen LogP contribution in [0.15, 0.2) is 72.8 Å². The first-order valence-corrected chi connectivity index (χ1v) is 9.22. The molecule has 0 aliphatic heterocycles. The number of nitrogens with zero attached hydrogens (tertiary/aromatic N) is 1. The maximum atomic E-state index is 5.09. The molecule has 0 saturated carbocycles. The van der Waals surface area contributed by atoms with Crippen LogP contribution in [0.2, 0.25) is 0 Å². The molecule has 0 spiro atoms. The summed E-state index contributed by atoms with van der Waals surface area (Å²) in [5, 5.41) is 2.63. The molecule has 1 heterocycles. The van der Waals surface area contributed by atoms with Gasteiger partial charge >= 0.3 is 0 Å². The molecule has 1 heteroatoms. The van der Waals surface area contributed by atoms with Crippen molar-refractivity contribution in [3.63, 3.8) is 0 Å². The van der Waals surface area contributed by atoms with Gasteiger partial charge in [0.05, 0.1) is 11.4 Å². The maximum Gasteiger partial charge on any atom is 0.0794 e. The first-order chi connectivity index (χ1) is 12.9. The number of benzene rings is 3. The Balaban J connectivity index is 1.56. The smallest absolute Gasteiger partial charge is 0.0794 e. The third-order valence-corrected chi connectivity index (χ3v) is 5.66. The van der Waals surface area contributed by atoms with Gasteiger partial charge in [-0.25, -0.2) is 4.98 Å². The molecule has 0 bridgehead atoms. The van der Waals surface area contributed by atoms with Crippen molar-refractivity contribution in [3.05, 3.63) is 83.9 Å². The van der Waals surface area contributed by atoms with Gasteiger partial charge in [-0.15, -0.1) is 0 Å². The van der Waals surface area contributed by atoms with E-state index in [2.05, 4.69) is 78.9 Å². The molecule has 0 N–H and O–H groups in total. The Hall–Kier alpha value is -3.19. The summed E-state index contributed by atoms with van der Waals surface area (Å²) in [6.45, 7) is 0. The topological polar surface area (TPSA) is 12.9 Å². The molecule has 2 aliphatic rings. The standard InChI is InChI=1S/C25H17N/c1-2-6-18-15-19(12-11-16(18)5-1)23-14-13-21-20-9-3-7-17-8-4-10-22(24(17)20)25(21)26-23/h2-4,6-15H,1,5H2. The van der Waals surface area contributed by atoms with E-state index in [4.69, 9.17) is 4.98 Å². The van der Waals surface area contributed by atoms with E-state index < -0.39 is 0 Å². The van der Waals surface area contributed by atoms with Gasteiger partial charge in [-0.2, -0.15) is 0 Å². The average molecular weight is 331 g/mol. The van der Waals surface area contributed by atoms with E-state index in [-0.39, 0.29) is 0 Å². The number of hydrogen-bond donors (Lipinski definition) is 0. The second-order valence-corrected chi connectivity index (χ2v) is 7.16. The Labute approximate surface area is 152 Å². The average Bonchev–Trinajstić information content (AvgIpc) is 3.03. The van der Waals surface area contributed by atoms with Crippen LogP contribution in [0.1, 0.15) is 17.5 Å². The zero-order valence-corrected chi connectivity index (χ0v) is 14.4. The fourth-order valence-corrected chi connectivity index (χ4v) is 4.39. The minimum absolute atomic E-state index is 1.05. The predicted octanol–water partition coefficient (Wildman–Crippen LogP) is 6.51. The van der Waals surface area contributed by atoms with Gasteiger partial charge in [-0.1, -0.05) is 60.7 Å².